The summed E-state index contributed by atoms with van der Waals surface area (Å²) in [6.45, 7) is 7.77. The number of allylic oxidation sites excluding steroid dienone is 5. The van der Waals surface area contributed by atoms with E-state index in [0.29, 0.717) is 11.1 Å². The Hall–Kier alpha value is -1.69. The van der Waals surface area contributed by atoms with Gasteiger partial charge in [0.05, 0.1) is 19.2 Å². The molecule has 0 saturated heterocycles. The van der Waals surface area contributed by atoms with Crippen LogP contribution in [-0.2, 0) is 14.4 Å². The molecule has 1 unspecified atom stereocenters. The van der Waals surface area contributed by atoms with Crippen molar-refractivity contribution in [2.45, 2.75) is 32.1 Å². The SMILES string of the molecule is CC1=CC(=C=O)C([Si](C)(C)C)C(=C=O)C1=C=O. The van der Waals surface area contributed by atoms with Crippen LogP contribution >= 0.6 is 0 Å². The zero-order valence-corrected chi connectivity index (χ0v) is 11.4. The van der Waals surface area contributed by atoms with E-state index < -0.39 is 8.07 Å². The lowest BCUT2D eigenvalue weighted by Gasteiger charge is -2.32. The third-order valence-corrected chi connectivity index (χ3v) is 5.16. The molecule has 0 aromatic heterocycles. The van der Waals surface area contributed by atoms with E-state index in [1.54, 1.807) is 18.9 Å². The first kappa shape index (κ1) is 13.4. The van der Waals surface area contributed by atoms with Crippen LogP contribution in [-0.4, -0.2) is 25.9 Å². The summed E-state index contributed by atoms with van der Waals surface area (Å²) in [6.07, 6.45) is 1.62. The second-order valence-corrected chi connectivity index (χ2v) is 10.5. The maximum absolute atomic E-state index is 11.1. The molecule has 0 spiro atoms. The topological polar surface area (TPSA) is 51.2 Å². The summed E-state index contributed by atoms with van der Waals surface area (Å²) in [7, 11) is -1.86. The molecule has 0 aromatic carbocycles. The Morgan fingerprint density at radius 3 is 2.00 bits per heavy atom. The predicted molar refractivity (Wildman–Crippen MR) is 68.5 cm³/mol. The number of rotatable bonds is 1. The maximum atomic E-state index is 11.1. The van der Waals surface area contributed by atoms with E-state index in [0.717, 1.165) is 0 Å². The average Bonchev–Trinajstić information content (AvgIpc) is 2.25. The van der Waals surface area contributed by atoms with Crippen LogP contribution < -0.4 is 0 Å². The highest BCUT2D eigenvalue weighted by atomic mass is 28.3. The van der Waals surface area contributed by atoms with Crippen LogP contribution in [0.5, 0.6) is 0 Å². The van der Waals surface area contributed by atoms with Crippen molar-refractivity contribution in [3.63, 3.8) is 0 Å². The van der Waals surface area contributed by atoms with Crippen LogP contribution in [0.15, 0.2) is 28.4 Å². The van der Waals surface area contributed by atoms with Gasteiger partial charge in [0.25, 0.3) is 0 Å². The zero-order valence-electron chi connectivity index (χ0n) is 10.4. The van der Waals surface area contributed by atoms with Crippen molar-refractivity contribution in [1.29, 1.82) is 0 Å². The molecule has 0 radical (unpaired) electrons. The Morgan fingerprint density at radius 1 is 1.06 bits per heavy atom. The van der Waals surface area contributed by atoms with Crippen molar-refractivity contribution >= 4 is 25.9 Å². The first-order valence-electron chi connectivity index (χ1n) is 5.31. The minimum Gasteiger partial charge on any atom is -0.233 e. The molecule has 0 bridgehead atoms. The van der Waals surface area contributed by atoms with Gasteiger partial charge in [-0.05, 0) is 18.6 Å². The van der Waals surface area contributed by atoms with Gasteiger partial charge in [0.15, 0.2) is 0 Å². The van der Waals surface area contributed by atoms with Crippen LogP contribution in [0.2, 0.25) is 25.2 Å². The van der Waals surface area contributed by atoms with Gasteiger partial charge in [-0.25, -0.2) is 14.4 Å². The van der Waals surface area contributed by atoms with Gasteiger partial charge in [0, 0.05) is 11.1 Å². The zero-order chi connectivity index (χ0) is 13.2. The molecule has 4 heteroatoms. The molecule has 0 N–H and O–H groups in total. The molecule has 1 aliphatic rings. The van der Waals surface area contributed by atoms with Gasteiger partial charge in [-0.1, -0.05) is 19.6 Å². The van der Waals surface area contributed by atoms with Crippen molar-refractivity contribution in [2.24, 2.45) is 0 Å². The fourth-order valence-electron chi connectivity index (χ4n) is 2.13. The molecule has 88 valence electrons. The van der Waals surface area contributed by atoms with Gasteiger partial charge >= 0.3 is 0 Å². The van der Waals surface area contributed by atoms with Gasteiger partial charge < -0.3 is 0 Å². The van der Waals surface area contributed by atoms with E-state index in [1.807, 2.05) is 31.5 Å². The molecular weight excluding hydrogens is 232 g/mol. The van der Waals surface area contributed by atoms with Gasteiger partial charge in [0.1, 0.15) is 17.8 Å². The van der Waals surface area contributed by atoms with Crippen LogP contribution in [0.3, 0.4) is 0 Å². The van der Waals surface area contributed by atoms with E-state index in [2.05, 4.69) is 0 Å². The smallest absolute Gasteiger partial charge is 0.133 e. The minimum absolute atomic E-state index is 0.242. The highest BCUT2D eigenvalue weighted by molar-refractivity contribution is 6.79. The van der Waals surface area contributed by atoms with E-state index in [1.165, 1.54) is 0 Å². The molecule has 3 nitrogen and oxygen atoms in total. The Bertz CT molecular complexity index is 530. The lowest BCUT2D eigenvalue weighted by molar-refractivity contribution is 0.562. The molecule has 17 heavy (non-hydrogen) atoms. The van der Waals surface area contributed by atoms with Gasteiger partial charge in [0.2, 0.25) is 0 Å². The summed E-state index contributed by atoms with van der Waals surface area (Å²) in [4.78, 5) is 33.0. The third kappa shape index (κ3) is 2.36. The molecule has 1 rings (SSSR count). The fourth-order valence-corrected chi connectivity index (χ4v) is 4.28. The monoisotopic (exact) mass is 246 g/mol. The van der Waals surface area contributed by atoms with Crippen LogP contribution in [0.4, 0.5) is 0 Å². The van der Waals surface area contributed by atoms with Crippen LogP contribution in [0.1, 0.15) is 6.92 Å². The van der Waals surface area contributed by atoms with E-state index in [9.17, 15) is 14.4 Å². The van der Waals surface area contributed by atoms with Crippen molar-refractivity contribution in [3.8, 4) is 0 Å². The summed E-state index contributed by atoms with van der Waals surface area (Å²) in [5.41, 5.74) is 1.20. The quantitative estimate of drug-likeness (QED) is 0.524. The highest BCUT2D eigenvalue weighted by Gasteiger charge is 2.39. The molecule has 0 heterocycles. The Morgan fingerprint density at radius 2 is 1.65 bits per heavy atom. The fraction of sp³-hybridized carbons (Fsp3) is 0.385. The summed E-state index contributed by atoms with van der Waals surface area (Å²) in [6, 6.07) is 0. The predicted octanol–water partition coefficient (Wildman–Crippen LogP) is 1.93. The lowest BCUT2D eigenvalue weighted by Crippen LogP contribution is -2.33. The normalized spacial score (nSPS) is 20.4. The highest BCUT2D eigenvalue weighted by Crippen LogP contribution is 2.43. The first-order chi connectivity index (χ1) is 7.86. The molecule has 0 fully saturated rings. The Labute approximate surface area is 101 Å². The van der Waals surface area contributed by atoms with Crippen LogP contribution in [0, 0.1) is 0 Å². The van der Waals surface area contributed by atoms with E-state index in [4.69, 9.17) is 0 Å². The van der Waals surface area contributed by atoms with Crippen molar-refractivity contribution in [2.75, 3.05) is 0 Å². The molecule has 1 aliphatic carbocycles. The van der Waals surface area contributed by atoms with Crippen molar-refractivity contribution < 1.29 is 14.4 Å². The second kappa shape index (κ2) is 4.66. The molecule has 0 amide bonds. The number of hydrogen-bond donors (Lipinski definition) is 0. The summed E-state index contributed by atoms with van der Waals surface area (Å²) in [5.74, 6) is 5.48. The van der Waals surface area contributed by atoms with Gasteiger partial charge in [-0.3, -0.25) is 0 Å². The number of carbonyl (C=O) groups excluding carboxylic acids is 3. The molecular formula is C13H14O3Si. The molecule has 0 aromatic rings. The van der Waals surface area contributed by atoms with Crippen LogP contribution in [0.25, 0.3) is 0 Å². The average molecular weight is 246 g/mol. The summed E-state index contributed by atoms with van der Waals surface area (Å²) in [5, 5.41) is 0. The summed E-state index contributed by atoms with van der Waals surface area (Å²) < 4.78 is 0. The maximum Gasteiger partial charge on any atom is 0.133 e. The van der Waals surface area contributed by atoms with Crippen molar-refractivity contribution in [1.82, 2.24) is 0 Å². The Balaban J connectivity index is 3.64. The number of hydrogen-bond acceptors (Lipinski definition) is 3. The Kier molecular flexibility index (Phi) is 3.67. The second-order valence-electron chi connectivity index (χ2n) is 5.18. The standard InChI is InChI=1S/C13H14O3Si/c1-9-5-10(6-14)13(17(2,3)4)12(8-16)11(9)7-15/h5,13H,1-4H3. The van der Waals surface area contributed by atoms with E-state index in [-0.39, 0.29) is 16.7 Å². The first-order valence-corrected chi connectivity index (χ1v) is 8.88. The third-order valence-electron chi connectivity index (χ3n) is 2.83. The largest absolute Gasteiger partial charge is 0.233 e. The minimum atomic E-state index is -1.86. The van der Waals surface area contributed by atoms with Gasteiger partial charge in [-0.2, -0.15) is 0 Å². The molecule has 0 saturated carbocycles. The van der Waals surface area contributed by atoms with Gasteiger partial charge in [-0.15, -0.1) is 0 Å². The lowest BCUT2D eigenvalue weighted by atomic mass is 9.88. The summed E-state index contributed by atoms with van der Waals surface area (Å²) >= 11 is 0. The molecule has 1 atom stereocenters. The van der Waals surface area contributed by atoms with E-state index >= 15 is 0 Å². The van der Waals surface area contributed by atoms with Crippen molar-refractivity contribution in [3.05, 3.63) is 28.4 Å². The molecule has 0 aliphatic heterocycles.